The van der Waals surface area contributed by atoms with Gasteiger partial charge in [0.25, 0.3) is 5.56 Å². The van der Waals surface area contributed by atoms with Gasteiger partial charge in [-0.2, -0.15) is 0 Å². The zero-order valence-corrected chi connectivity index (χ0v) is 14.7. The van der Waals surface area contributed by atoms with Crippen molar-refractivity contribution >= 4 is 17.5 Å². The number of hydrogen-bond acceptors (Lipinski definition) is 4. The summed E-state index contributed by atoms with van der Waals surface area (Å²) in [7, 11) is 0. The number of nitrogens with zero attached hydrogens (tertiary/aromatic N) is 1. The van der Waals surface area contributed by atoms with Gasteiger partial charge in [-0.15, -0.1) is 0 Å². The Morgan fingerprint density at radius 3 is 2.52 bits per heavy atom. The Morgan fingerprint density at radius 1 is 1.12 bits per heavy atom. The summed E-state index contributed by atoms with van der Waals surface area (Å²) in [5, 5.41) is 5.31. The van der Waals surface area contributed by atoms with Crippen LogP contribution in [0.3, 0.4) is 0 Å². The molecule has 2 aromatic rings. The second-order valence-corrected chi connectivity index (χ2v) is 5.87. The van der Waals surface area contributed by atoms with Gasteiger partial charge in [0.05, 0.1) is 6.54 Å². The lowest BCUT2D eigenvalue weighted by Gasteiger charge is -2.12. The number of furan rings is 1. The van der Waals surface area contributed by atoms with Gasteiger partial charge in [-0.1, -0.05) is 6.92 Å². The van der Waals surface area contributed by atoms with Crippen LogP contribution in [0.4, 0.5) is 5.69 Å². The maximum Gasteiger partial charge on any atom is 0.274 e. The molecular formula is C18H23N3O4. The molecule has 7 nitrogen and oxygen atoms in total. The first kappa shape index (κ1) is 18.5. The van der Waals surface area contributed by atoms with E-state index in [-0.39, 0.29) is 30.6 Å². The lowest BCUT2D eigenvalue weighted by molar-refractivity contribution is -0.122. The average molecular weight is 345 g/mol. The van der Waals surface area contributed by atoms with Crippen molar-refractivity contribution in [2.24, 2.45) is 0 Å². The SMILES string of the molecule is CCCC(=O)Nc1ccc(C)n(CC(=O)NCc2ccc(C)o2)c1=O. The van der Waals surface area contributed by atoms with Crippen LogP contribution in [0.1, 0.15) is 37.0 Å². The first-order valence-electron chi connectivity index (χ1n) is 8.23. The first-order valence-corrected chi connectivity index (χ1v) is 8.23. The van der Waals surface area contributed by atoms with Crippen LogP contribution in [0.15, 0.2) is 33.5 Å². The molecule has 0 bridgehead atoms. The van der Waals surface area contributed by atoms with Gasteiger partial charge >= 0.3 is 0 Å². The molecule has 0 radical (unpaired) electrons. The molecule has 0 atom stereocenters. The minimum absolute atomic E-state index is 0.123. The van der Waals surface area contributed by atoms with Gasteiger partial charge in [0.2, 0.25) is 11.8 Å². The highest BCUT2D eigenvalue weighted by molar-refractivity contribution is 5.90. The van der Waals surface area contributed by atoms with Crippen molar-refractivity contribution in [1.29, 1.82) is 0 Å². The van der Waals surface area contributed by atoms with Crippen LogP contribution >= 0.6 is 0 Å². The van der Waals surface area contributed by atoms with E-state index in [2.05, 4.69) is 10.6 Å². The first-order chi connectivity index (χ1) is 11.9. The third kappa shape index (κ3) is 5.07. The fourth-order valence-electron chi connectivity index (χ4n) is 2.37. The summed E-state index contributed by atoms with van der Waals surface area (Å²) in [4.78, 5) is 36.3. The average Bonchev–Trinajstić information content (AvgIpc) is 2.98. The van der Waals surface area contributed by atoms with Crippen molar-refractivity contribution < 1.29 is 14.0 Å². The third-order valence-corrected chi connectivity index (χ3v) is 3.70. The summed E-state index contributed by atoms with van der Waals surface area (Å²) in [6, 6.07) is 6.87. The molecule has 2 heterocycles. The summed E-state index contributed by atoms with van der Waals surface area (Å²) >= 11 is 0. The summed E-state index contributed by atoms with van der Waals surface area (Å²) in [5.74, 6) is 0.895. The van der Waals surface area contributed by atoms with Crippen LogP contribution in [0.2, 0.25) is 0 Å². The quantitative estimate of drug-likeness (QED) is 0.804. The van der Waals surface area contributed by atoms with Gasteiger partial charge in [0.1, 0.15) is 23.8 Å². The van der Waals surface area contributed by atoms with E-state index in [1.165, 1.54) is 4.57 Å². The van der Waals surface area contributed by atoms with E-state index in [1.54, 1.807) is 25.1 Å². The molecule has 0 spiro atoms. The number of pyridine rings is 1. The molecular weight excluding hydrogens is 322 g/mol. The summed E-state index contributed by atoms with van der Waals surface area (Å²) in [5.41, 5.74) is 0.425. The second-order valence-electron chi connectivity index (χ2n) is 5.87. The zero-order chi connectivity index (χ0) is 18.4. The van der Waals surface area contributed by atoms with Gasteiger partial charge in [-0.05, 0) is 44.5 Å². The van der Waals surface area contributed by atoms with Crippen molar-refractivity contribution in [2.75, 3.05) is 5.32 Å². The number of nitrogens with one attached hydrogen (secondary N) is 2. The number of aromatic nitrogens is 1. The van der Waals surface area contributed by atoms with E-state index in [4.69, 9.17) is 4.42 Å². The predicted molar refractivity (Wildman–Crippen MR) is 94.3 cm³/mol. The van der Waals surface area contributed by atoms with Gasteiger partial charge < -0.3 is 19.6 Å². The van der Waals surface area contributed by atoms with E-state index >= 15 is 0 Å². The van der Waals surface area contributed by atoms with Crippen LogP contribution in [0.25, 0.3) is 0 Å². The second kappa shape index (κ2) is 8.32. The van der Waals surface area contributed by atoms with E-state index in [9.17, 15) is 14.4 Å². The normalized spacial score (nSPS) is 10.5. The molecule has 2 amide bonds. The maximum atomic E-state index is 12.5. The van der Waals surface area contributed by atoms with E-state index in [1.807, 2.05) is 19.9 Å². The highest BCUT2D eigenvalue weighted by Crippen LogP contribution is 2.06. The molecule has 2 rings (SSSR count). The number of hydrogen-bond donors (Lipinski definition) is 2. The molecule has 2 N–H and O–H groups in total. The minimum Gasteiger partial charge on any atom is -0.465 e. The smallest absolute Gasteiger partial charge is 0.274 e. The molecule has 0 unspecified atom stereocenters. The molecule has 0 aliphatic rings. The zero-order valence-electron chi connectivity index (χ0n) is 14.7. The molecule has 134 valence electrons. The number of rotatable bonds is 7. The van der Waals surface area contributed by atoms with E-state index < -0.39 is 5.56 Å². The van der Waals surface area contributed by atoms with Crippen molar-refractivity contribution in [3.8, 4) is 0 Å². The number of aryl methyl sites for hydroxylation is 2. The number of anilines is 1. The summed E-state index contributed by atoms with van der Waals surface area (Å²) < 4.78 is 6.72. The van der Waals surface area contributed by atoms with Gasteiger partial charge in [-0.25, -0.2) is 0 Å². The van der Waals surface area contributed by atoms with Gasteiger partial charge in [-0.3, -0.25) is 14.4 Å². The molecule has 7 heteroatoms. The highest BCUT2D eigenvalue weighted by atomic mass is 16.3. The Balaban J connectivity index is 2.06. The molecule has 0 aromatic carbocycles. The van der Waals surface area contributed by atoms with Gasteiger partial charge in [0.15, 0.2) is 0 Å². The van der Waals surface area contributed by atoms with E-state index in [0.29, 0.717) is 24.3 Å². The Kier molecular flexibility index (Phi) is 6.16. The minimum atomic E-state index is -0.395. The fraction of sp³-hybridized carbons (Fsp3) is 0.389. The topological polar surface area (TPSA) is 93.3 Å². The molecule has 0 aliphatic carbocycles. The highest BCUT2D eigenvalue weighted by Gasteiger charge is 2.12. The molecule has 0 aliphatic heterocycles. The van der Waals surface area contributed by atoms with E-state index in [0.717, 1.165) is 5.76 Å². The summed E-state index contributed by atoms with van der Waals surface area (Å²) in [6.07, 6.45) is 1.04. The Morgan fingerprint density at radius 2 is 1.88 bits per heavy atom. The predicted octanol–water partition coefficient (Wildman–Crippen LogP) is 2.11. The Bertz CT molecular complexity index is 820. The van der Waals surface area contributed by atoms with Crippen LogP contribution in [-0.4, -0.2) is 16.4 Å². The third-order valence-electron chi connectivity index (χ3n) is 3.70. The Labute approximate surface area is 146 Å². The monoisotopic (exact) mass is 345 g/mol. The largest absolute Gasteiger partial charge is 0.465 e. The fourth-order valence-corrected chi connectivity index (χ4v) is 2.37. The van der Waals surface area contributed by atoms with Crippen LogP contribution < -0.4 is 16.2 Å². The van der Waals surface area contributed by atoms with Crippen LogP contribution in [0, 0.1) is 13.8 Å². The Hall–Kier alpha value is -2.83. The number of carbonyl (C=O) groups excluding carboxylic acids is 2. The number of carbonyl (C=O) groups is 2. The molecule has 0 saturated carbocycles. The van der Waals surface area contributed by atoms with Crippen LogP contribution in [0.5, 0.6) is 0 Å². The molecule has 25 heavy (non-hydrogen) atoms. The maximum absolute atomic E-state index is 12.5. The van der Waals surface area contributed by atoms with Crippen LogP contribution in [-0.2, 0) is 22.7 Å². The van der Waals surface area contributed by atoms with Crippen molar-refractivity contribution in [1.82, 2.24) is 9.88 Å². The van der Waals surface area contributed by atoms with Crippen molar-refractivity contribution in [2.45, 2.75) is 46.7 Å². The van der Waals surface area contributed by atoms with Crippen molar-refractivity contribution in [3.63, 3.8) is 0 Å². The lowest BCUT2D eigenvalue weighted by atomic mass is 10.3. The summed E-state index contributed by atoms with van der Waals surface area (Å²) in [6.45, 7) is 5.59. The molecule has 0 fully saturated rings. The number of amides is 2. The van der Waals surface area contributed by atoms with Crippen molar-refractivity contribution in [3.05, 3.63) is 51.8 Å². The van der Waals surface area contributed by atoms with Gasteiger partial charge in [0, 0.05) is 12.1 Å². The molecule has 2 aromatic heterocycles. The molecule has 0 saturated heterocycles. The standard InChI is InChI=1S/C18H23N3O4/c1-4-5-16(22)20-15-9-6-12(2)21(18(15)24)11-17(23)19-10-14-8-7-13(3)25-14/h6-9H,4-5,10-11H2,1-3H3,(H,19,23)(H,20,22). The lowest BCUT2D eigenvalue weighted by Crippen LogP contribution is -2.34.